The molecule has 3 nitrogen and oxygen atoms in total. The minimum atomic E-state index is -0.268. The first-order chi connectivity index (χ1) is 5.68. The van der Waals surface area contributed by atoms with Gasteiger partial charge >= 0.3 is 5.97 Å². The van der Waals surface area contributed by atoms with Crippen LogP contribution in [0.1, 0.15) is 18.2 Å². The molecule has 1 rings (SSSR count). The van der Waals surface area contributed by atoms with Crippen LogP contribution in [0, 0.1) is 6.92 Å². The van der Waals surface area contributed by atoms with E-state index < -0.39 is 0 Å². The number of ether oxygens (including phenoxy) is 1. The van der Waals surface area contributed by atoms with Crippen molar-refractivity contribution in [1.82, 2.24) is 4.98 Å². The standard InChI is InChI=1S/C9H11NO2/c1-7-3-4-9(5-10-7)6-12-8(2)11/h3-5H,6H2,1-2H3. The van der Waals surface area contributed by atoms with Crippen molar-refractivity contribution in [3.05, 3.63) is 29.6 Å². The lowest BCUT2D eigenvalue weighted by molar-refractivity contribution is -0.142. The third kappa shape index (κ3) is 2.70. The molecule has 1 heterocycles. The van der Waals surface area contributed by atoms with Crippen LogP contribution in [0.2, 0.25) is 0 Å². The van der Waals surface area contributed by atoms with Gasteiger partial charge in [0.25, 0.3) is 0 Å². The molecule has 1 aromatic rings. The Morgan fingerprint density at radius 2 is 2.33 bits per heavy atom. The molecule has 0 aliphatic carbocycles. The summed E-state index contributed by atoms with van der Waals surface area (Å²) in [6.07, 6.45) is 1.71. The Morgan fingerprint density at radius 3 is 2.83 bits per heavy atom. The number of hydrogen-bond acceptors (Lipinski definition) is 3. The summed E-state index contributed by atoms with van der Waals surface area (Å²) in [5.74, 6) is -0.268. The minimum Gasteiger partial charge on any atom is -0.461 e. The van der Waals surface area contributed by atoms with E-state index >= 15 is 0 Å². The summed E-state index contributed by atoms with van der Waals surface area (Å²) in [6.45, 7) is 3.61. The smallest absolute Gasteiger partial charge is 0.302 e. The summed E-state index contributed by atoms with van der Waals surface area (Å²) in [6, 6.07) is 3.78. The molecule has 0 bridgehead atoms. The Kier molecular flexibility index (Phi) is 2.80. The van der Waals surface area contributed by atoms with Crippen LogP contribution in [0.15, 0.2) is 18.3 Å². The van der Waals surface area contributed by atoms with Crippen molar-refractivity contribution in [1.29, 1.82) is 0 Å². The van der Waals surface area contributed by atoms with Crippen LogP contribution in [0.25, 0.3) is 0 Å². The highest BCUT2D eigenvalue weighted by atomic mass is 16.5. The second kappa shape index (κ2) is 3.85. The molecule has 64 valence electrons. The van der Waals surface area contributed by atoms with E-state index in [1.165, 1.54) is 6.92 Å². The van der Waals surface area contributed by atoms with Gasteiger partial charge in [-0.1, -0.05) is 6.07 Å². The van der Waals surface area contributed by atoms with Crippen LogP contribution < -0.4 is 0 Å². The average Bonchev–Trinajstić information content (AvgIpc) is 2.03. The third-order valence-electron chi connectivity index (χ3n) is 1.41. The van der Waals surface area contributed by atoms with Gasteiger partial charge in [-0.3, -0.25) is 9.78 Å². The Morgan fingerprint density at radius 1 is 1.58 bits per heavy atom. The van der Waals surface area contributed by atoms with E-state index in [1.54, 1.807) is 6.20 Å². The summed E-state index contributed by atoms with van der Waals surface area (Å²) in [4.78, 5) is 14.5. The van der Waals surface area contributed by atoms with Crippen LogP contribution in [0.4, 0.5) is 0 Å². The van der Waals surface area contributed by atoms with Crippen molar-refractivity contribution >= 4 is 5.97 Å². The SMILES string of the molecule is CC(=O)OCc1ccc(C)nc1. The molecule has 1 aromatic heterocycles. The summed E-state index contributed by atoms with van der Waals surface area (Å²) < 4.78 is 4.79. The van der Waals surface area contributed by atoms with Gasteiger partial charge < -0.3 is 4.74 Å². The molecule has 0 N–H and O–H groups in total. The molecule has 0 spiro atoms. The van der Waals surface area contributed by atoms with Crippen molar-refractivity contribution in [3.8, 4) is 0 Å². The maximum atomic E-state index is 10.4. The molecule has 0 saturated heterocycles. The Labute approximate surface area is 71.4 Å². The van der Waals surface area contributed by atoms with E-state index in [9.17, 15) is 4.79 Å². The molecule has 3 heteroatoms. The zero-order valence-corrected chi connectivity index (χ0v) is 7.20. The number of hydrogen-bond donors (Lipinski definition) is 0. The highest BCUT2D eigenvalue weighted by Gasteiger charge is 1.95. The molecule has 0 saturated carbocycles. The lowest BCUT2D eigenvalue weighted by Crippen LogP contribution is -1.99. The van der Waals surface area contributed by atoms with Crippen LogP contribution in [0.5, 0.6) is 0 Å². The van der Waals surface area contributed by atoms with Crippen LogP contribution in [-0.2, 0) is 16.1 Å². The normalized spacial score (nSPS) is 9.50. The quantitative estimate of drug-likeness (QED) is 0.622. The second-order valence-electron chi connectivity index (χ2n) is 2.59. The van der Waals surface area contributed by atoms with Gasteiger partial charge in [0.1, 0.15) is 6.61 Å². The molecular formula is C9H11NO2. The van der Waals surface area contributed by atoms with Crippen molar-refractivity contribution in [2.45, 2.75) is 20.5 Å². The van der Waals surface area contributed by atoms with Gasteiger partial charge in [0.05, 0.1) is 0 Å². The second-order valence-corrected chi connectivity index (χ2v) is 2.59. The van der Waals surface area contributed by atoms with E-state index in [2.05, 4.69) is 4.98 Å². The van der Waals surface area contributed by atoms with E-state index in [0.29, 0.717) is 6.61 Å². The average molecular weight is 165 g/mol. The summed E-state index contributed by atoms with van der Waals surface area (Å²) in [5.41, 5.74) is 1.87. The van der Waals surface area contributed by atoms with E-state index in [1.807, 2.05) is 19.1 Å². The van der Waals surface area contributed by atoms with Crippen molar-refractivity contribution in [3.63, 3.8) is 0 Å². The maximum Gasteiger partial charge on any atom is 0.302 e. The Balaban J connectivity index is 2.53. The lowest BCUT2D eigenvalue weighted by atomic mass is 10.3. The van der Waals surface area contributed by atoms with Crippen LogP contribution >= 0.6 is 0 Å². The number of nitrogens with zero attached hydrogens (tertiary/aromatic N) is 1. The maximum absolute atomic E-state index is 10.4. The molecule has 12 heavy (non-hydrogen) atoms. The molecule has 0 aliphatic heterocycles. The van der Waals surface area contributed by atoms with Crippen LogP contribution in [0.3, 0.4) is 0 Å². The molecule has 0 fully saturated rings. The zero-order valence-electron chi connectivity index (χ0n) is 7.20. The number of carbonyl (C=O) groups excluding carboxylic acids is 1. The van der Waals surface area contributed by atoms with Gasteiger partial charge in [-0.15, -0.1) is 0 Å². The van der Waals surface area contributed by atoms with Gasteiger partial charge in [0.2, 0.25) is 0 Å². The number of aryl methyl sites for hydroxylation is 1. The van der Waals surface area contributed by atoms with Crippen molar-refractivity contribution in [2.24, 2.45) is 0 Å². The number of aromatic nitrogens is 1. The minimum absolute atomic E-state index is 0.268. The number of rotatable bonds is 2. The van der Waals surface area contributed by atoms with Gasteiger partial charge in [-0.2, -0.15) is 0 Å². The predicted molar refractivity (Wildman–Crippen MR) is 44.4 cm³/mol. The largest absolute Gasteiger partial charge is 0.461 e. The summed E-state index contributed by atoms with van der Waals surface area (Å²) in [7, 11) is 0. The summed E-state index contributed by atoms with van der Waals surface area (Å²) >= 11 is 0. The van der Waals surface area contributed by atoms with E-state index in [4.69, 9.17) is 4.74 Å². The first kappa shape index (κ1) is 8.71. The fourth-order valence-corrected chi connectivity index (χ4v) is 0.769. The number of carbonyl (C=O) groups is 1. The summed E-state index contributed by atoms with van der Waals surface area (Å²) in [5, 5.41) is 0. The topological polar surface area (TPSA) is 39.2 Å². The third-order valence-corrected chi connectivity index (χ3v) is 1.41. The monoisotopic (exact) mass is 165 g/mol. The van der Waals surface area contributed by atoms with E-state index in [0.717, 1.165) is 11.3 Å². The fraction of sp³-hybridized carbons (Fsp3) is 0.333. The predicted octanol–water partition coefficient (Wildman–Crippen LogP) is 1.45. The van der Waals surface area contributed by atoms with Gasteiger partial charge in [0.15, 0.2) is 0 Å². The number of esters is 1. The van der Waals surface area contributed by atoms with Gasteiger partial charge in [0, 0.05) is 24.4 Å². The Bertz CT molecular complexity index is 266. The first-order valence-electron chi connectivity index (χ1n) is 3.73. The highest BCUT2D eigenvalue weighted by molar-refractivity contribution is 5.65. The van der Waals surface area contributed by atoms with Gasteiger partial charge in [-0.25, -0.2) is 0 Å². The molecule has 0 aromatic carbocycles. The Hall–Kier alpha value is -1.38. The first-order valence-corrected chi connectivity index (χ1v) is 3.73. The molecular weight excluding hydrogens is 154 g/mol. The molecule has 0 amide bonds. The molecule has 0 unspecified atom stereocenters. The lowest BCUT2D eigenvalue weighted by Gasteiger charge is -2.00. The molecule has 0 aliphatic rings. The van der Waals surface area contributed by atoms with Gasteiger partial charge in [-0.05, 0) is 13.0 Å². The molecule has 0 radical (unpaired) electrons. The van der Waals surface area contributed by atoms with Crippen molar-refractivity contribution < 1.29 is 9.53 Å². The molecule has 0 atom stereocenters. The zero-order chi connectivity index (χ0) is 8.97. The van der Waals surface area contributed by atoms with Crippen LogP contribution in [-0.4, -0.2) is 11.0 Å². The van der Waals surface area contributed by atoms with Crippen molar-refractivity contribution in [2.75, 3.05) is 0 Å². The fourth-order valence-electron chi connectivity index (χ4n) is 0.769. The number of pyridine rings is 1. The van der Waals surface area contributed by atoms with E-state index in [-0.39, 0.29) is 5.97 Å². The highest BCUT2D eigenvalue weighted by Crippen LogP contribution is 2.00.